The zero-order valence-electron chi connectivity index (χ0n) is 52.2. The average molecular weight is 1260 g/mol. The summed E-state index contributed by atoms with van der Waals surface area (Å²) in [5.74, 6) is -11.7. The lowest BCUT2D eigenvalue weighted by Crippen LogP contribution is -2.62. The standard InChI is InChI=1S/C59H91N17O14/c1-9-33(8)48(75-53(84)41(22-34-14-16-37(77)17-15-34)71-55(86)47(32(6)7)74-50(81)39(12-10-18-65-59(61)62)68-49(80)38(60)25-46(78)79)56(87)72-43(24-36-27-64-29-67-36)57(88)76-19-11-13-45(76)54(85)70-40(20-30(2)3)51(82)69-42(23-35-26-63-28-66-35)52(83)73-44(58(89)90)21-31(4)5/h14-17,26-33,38-45,47-48,77H,9-13,18-25,60H2,1-8H3,(H,63,66)(H,64,67)(H,68,80)(H,69,82)(H,70,85)(H,71,86)(H,72,87)(H,73,83)(H,74,81)(H,75,84)(H,78,79)(H,89,90)(H4,61,62,65)/t33-,38-,39-,40-,41-,42-,43-,44-,45-,47-,48-/m0/s1. The van der Waals surface area contributed by atoms with Gasteiger partial charge in [0.1, 0.15) is 60.1 Å². The van der Waals surface area contributed by atoms with Gasteiger partial charge in [-0.15, -0.1) is 0 Å². The molecular formula is C59H91N17O14. The number of hydrogen-bond acceptors (Lipinski definition) is 16. The molecule has 11 atom stereocenters. The van der Waals surface area contributed by atoms with E-state index in [4.69, 9.17) is 17.2 Å². The van der Waals surface area contributed by atoms with E-state index in [1.807, 2.05) is 13.8 Å². The number of aromatic hydroxyl groups is 1. The van der Waals surface area contributed by atoms with Crippen molar-refractivity contribution in [1.82, 2.24) is 67.4 Å². The molecule has 31 nitrogen and oxygen atoms in total. The summed E-state index contributed by atoms with van der Waals surface area (Å²) in [6, 6.07) is -7.65. The molecule has 2 aromatic heterocycles. The van der Waals surface area contributed by atoms with Crippen molar-refractivity contribution in [3.63, 3.8) is 0 Å². The largest absolute Gasteiger partial charge is 0.508 e. The molecule has 0 aliphatic carbocycles. The van der Waals surface area contributed by atoms with Gasteiger partial charge in [0.05, 0.1) is 25.1 Å². The Bertz CT molecular complexity index is 2920. The minimum Gasteiger partial charge on any atom is -0.508 e. The third-order valence-electron chi connectivity index (χ3n) is 15.1. The number of H-pyrrole nitrogens is 2. The Labute approximate surface area is 522 Å². The number of carbonyl (C=O) groups is 11. The number of phenolic OH excluding ortho intramolecular Hbond substituents is 1. The van der Waals surface area contributed by atoms with E-state index in [0.717, 1.165) is 0 Å². The molecule has 0 bridgehead atoms. The van der Waals surface area contributed by atoms with Crippen LogP contribution in [0.5, 0.6) is 5.75 Å². The van der Waals surface area contributed by atoms with Crippen molar-refractivity contribution >= 4 is 71.1 Å². The molecule has 4 rings (SSSR count). The van der Waals surface area contributed by atoms with Gasteiger partial charge in [-0.05, 0) is 79.9 Å². The molecular weight excluding hydrogens is 1170 g/mol. The molecule has 1 aromatic carbocycles. The summed E-state index contributed by atoms with van der Waals surface area (Å²) in [5.41, 5.74) is 18.0. The quantitative estimate of drug-likeness (QED) is 0.0177. The van der Waals surface area contributed by atoms with Crippen molar-refractivity contribution < 1.29 is 68.1 Å². The fourth-order valence-corrected chi connectivity index (χ4v) is 10.0. The maximum atomic E-state index is 15.0. The van der Waals surface area contributed by atoms with Crippen molar-refractivity contribution in [2.45, 2.75) is 186 Å². The van der Waals surface area contributed by atoms with E-state index in [0.29, 0.717) is 29.8 Å². The van der Waals surface area contributed by atoms with Crippen molar-refractivity contribution in [2.24, 2.45) is 45.9 Å². The van der Waals surface area contributed by atoms with E-state index in [1.54, 1.807) is 41.5 Å². The van der Waals surface area contributed by atoms with Gasteiger partial charge in [0, 0.05) is 56.1 Å². The van der Waals surface area contributed by atoms with Gasteiger partial charge in [-0.3, -0.25) is 52.9 Å². The minimum atomic E-state index is -1.53. The molecule has 0 unspecified atom stereocenters. The summed E-state index contributed by atoms with van der Waals surface area (Å²) in [6.07, 6.45) is 5.55. The van der Waals surface area contributed by atoms with Crippen LogP contribution >= 0.6 is 0 Å². The second-order valence-electron chi connectivity index (χ2n) is 23.8. The van der Waals surface area contributed by atoms with E-state index in [1.165, 1.54) is 54.2 Å². The number of aromatic nitrogens is 4. The monoisotopic (exact) mass is 1260 g/mol. The van der Waals surface area contributed by atoms with Gasteiger partial charge >= 0.3 is 11.9 Å². The first kappa shape index (κ1) is 73.3. The number of amides is 9. The second-order valence-corrected chi connectivity index (χ2v) is 23.8. The number of aromatic amines is 2. The normalized spacial score (nSPS) is 16.4. The molecule has 1 fully saturated rings. The number of nitrogens with one attached hydrogen (secondary N) is 10. The van der Waals surface area contributed by atoms with E-state index < -0.39 is 144 Å². The van der Waals surface area contributed by atoms with Crippen LogP contribution in [0, 0.1) is 23.7 Å². The fraction of sp³-hybridized carbons (Fsp3) is 0.593. The molecule has 3 heterocycles. The summed E-state index contributed by atoms with van der Waals surface area (Å²) in [7, 11) is 0. The number of hydrogen-bond donors (Lipinski definition) is 16. The smallest absolute Gasteiger partial charge is 0.326 e. The van der Waals surface area contributed by atoms with Crippen LogP contribution in [0.25, 0.3) is 0 Å². The van der Waals surface area contributed by atoms with E-state index in [-0.39, 0.29) is 88.0 Å². The van der Waals surface area contributed by atoms with Gasteiger partial charge in [-0.2, -0.15) is 0 Å². The lowest BCUT2D eigenvalue weighted by molar-refractivity contribution is -0.143. The maximum absolute atomic E-state index is 15.0. The summed E-state index contributed by atoms with van der Waals surface area (Å²) < 4.78 is 0. The van der Waals surface area contributed by atoms with Crippen molar-refractivity contribution in [2.75, 3.05) is 13.1 Å². The molecule has 3 aromatic rings. The summed E-state index contributed by atoms with van der Waals surface area (Å²) in [5, 5.41) is 50.6. The van der Waals surface area contributed by atoms with Crippen molar-refractivity contribution in [3.05, 3.63) is 66.3 Å². The average Bonchev–Trinajstić information content (AvgIpc) is 2.36. The Kier molecular flexibility index (Phi) is 29.1. The Morgan fingerprint density at radius 1 is 0.633 bits per heavy atom. The predicted octanol–water partition coefficient (Wildman–Crippen LogP) is -1.53. The topological polar surface area (TPSA) is 496 Å². The molecule has 496 valence electrons. The van der Waals surface area contributed by atoms with Crippen LogP contribution in [0.2, 0.25) is 0 Å². The summed E-state index contributed by atoms with van der Waals surface area (Å²) >= 11 is 0. The Morgan fingerprint density at radius 3 is 1.68 bits per heavy atom. The Hall–Kier alpha value is -9.16. The van der Waals surface area contributed by atoms with Crippen LogP contribution in [-0.4, -0.2) is 185 Å². The number of carboxylic acids is 2. The van der Waals surface area contributed by atoms with Gasteiger partial charge < -0.3 is 89.9 Å². The SMILES string of the molecule is CC[C@H](C)[C@H](NC(=O)[C@H](Cc1ccc(O)cc1)NC(=O)[C@@H](NC(=O)[C@H](CCCN=C(N)N)NC(=O)[C@@H](N)CC(=O)O)C(C)C)C(=O)N[C@@H](Cc1cnc[nH]1)C(=O)N1CCC[C@H]1C(=O)N[C@@H](CC(C)C)C(=O)N[C@@H](Cc1cnc[nH]1)C(=O)N[C@@H](CC(C)C)C(=O)O. The third-order valence-corrected chi connectivity index (χ3v) is 15.1. The highest BCUT2D eigenvalue weighted by atomic mass is 16.4. The molecule has 19 N–H and O–H groups in total. The van der Waals surface area contributed by atoms with Crippen molar-refractivity contribution in [3.8, 4) is 5.75 Å². The zero-order chi connectivity index (χ0) is 66.9. The van der Waals surface area contributed by atoms with Crippen LogP contribution < -0.4 is 59.7 Å². The second kappa shape index (κ2) is 35.7. The van der Waals surface area contributed by atoms with E-state index >= 15 is 0 Å². The number of aliphatic imine (C=N–C) groups is 1. The molecule has 0 saturated carbocycles. The van der Waals surface area contributed by atoms with E-state index in [9.17, 15) is 68.1 Å². The lowest BCUT2D eigenvalue weighted by Gasteiger charge is -2.32. The number of guanidine groups is 1. The molecule has 1 aliphatic rings. The number of aliphatic carboxylic acids is 2. The number of carboxylic acid groups (broad SMARTS) is 2. The molecule has 31 heteroatoms. The van der Waals surface area contributed by atoms with Crippen LogP contribution in [0.15, 0.2) is 54.3 Å². The van der Waals surface area contributed by atoms with Crippen LogP contribution in [0.3, 0.4) is 0 Å². The number of carbonyl (C=O) groups excluding carboxylic acids is 9. The highest BCUT2D eigenvalue weighted by Gasteiger charge is 2.42. The molecule has 1 aliphatic heterocycles. The number of imidazole rings is 2. The summed E-state index contributed by atoms with van der Waals surface area (Å²) in [6.45, 7) is 14.0. The Morgan fingerprint density at radius 2 is 1.13 bits per heavy atom. The number of rotatable bonds is 37. The van der Waals surface area contributed by atoms with Gasteiger partial charge in [0.2, 0.25) is 53.2 Å². The number of likely N-dealkylation sites (tertiary alicyclic amines) is 1. The lowest BCUT2D eigenvalue weighted by atomic mass is 9.96. The van der Waals surface area contributed by atoms with Gasteiger partial charge in [-0.25, -0.2) is 14.8 Å². The predicted molar refractivity (Wildman–Crippen MR) is 328 cm³/mol. The van der Waals surface area contributed by atoms with Crippen LogP contribution in [-0.2, 0) is 72.0 Å². The number of nitrogens with two attached hydrogens (primary N) is 3. The molecule has 9 amide bonds. The fourth-order valence-electron chi connectivity index (χ4n) is 10.0. The first-order chi connectivity index (χ1) is 42.5. The molecule has 0 spiro atoms. The van der Waals surface area contributed by atoms with Gasteiger partial charge in [-0.1, -0.05) is 73.9 Å². The zero-order valence-corrected chi connectivity index (χ0v) is 52.2. The van der Waals surface area contributed by atoms with Gasteiger partial charge in [0.15, 0.2) is 5.96 Å². The van der Waals surface area contributed by atoms with Crippen molar-refractivity contribution in [1.29, 1.82) is 0 Å². The highest BCUT2D eigenvalue weighted by Crippen LogP contribution is 2.22. The van der Waals surface area contributed by atoms with Crippen LogP contribution in [0.4, 0.5) is 0 Å². The first-order valence-corrected chi connectivity index (χ1v) is 30.2. The van der Waals surface area contributed by atoms with Gasteiger partial charge in [0.25, 0.3) is 0 Å². The molecule has 90 heavy (non-hydrogen) atoms. The Balaban J connectivity index is 1.61. The summed E-state index contributed by atoms with van der Waals surface area (Å²) in [4.78, 5) is 171. The molecule has 1 saturated heterocycles. The minimum absolute atomic E-state index is 0.0452. The van der Waals surface area contributed by atoms with Crippen LogP contribution in [0.1, 0.15) is 124 Å². The maximum Gasteiger partial charge on any atom is 0.326 e. The number of phenols is 1. The molecule has 0 radical (unpaired) electrons. The first-order valence-electron chi connectivity index (χ1n) is 30.2. The number of benzene rings is 1. The highest BCUT2D eigenvalue weighted by molar-refractivity contribution is 5.99. The van der Waals surface area contributed by atoms with E-state index in [2.05, 4.69) is 67.5 Å². The number of nitrogens with zero attached hydrogens (tertiary/aromatic N) is 4. The third kappa shape index (κ3) is 23.7.